The smallest absolute Gasteiger partial charge is 0.317 e. The van der Waals surface area contributed by atoms with E-state index in [1.54, 1.807) is 66.7 Å². The molecule has 3 aromatic heterocycles. The van der Waals surface area contributed by atoms with E-state index in [2.05, 4.69) is 33.1 Å². The fourth-order valence-corrected chi connectivity index (χ4v) is 6.74. The minimum atomic E-state index is -4.64. The summed E-state index contributed by atoms with van der Waals surface area (Å²) < 4.78 is 45.4. The first kappa shape index (κ1) is 31.2. The van der Waals surface area contributed by atoms with E-state index in [9.17, 15) is 23.2 Å². The molecular weight excluding hydrogens is 617 g/mol. The molecule has 0 N–H and O–H groups in total. The molecule has 12 heteroatoms. The fourth-order valence-electron chi connectivity index (χ4n) is 6.74. The Bertz CT molecular complexity index is 2070. The Hall–Kier alpha value is -5.41. The average molecular weight is 649 g/mol. The van der Waals surface area contributed by atoms with Gasteiger partial charge in [0.1, 0.15) is 12.1 Å². The first-order chi connectivity index (χ1) is 23.1. The zero-order valence-corrected chi connectivity index (χ0v) is 26.4. The molecule has 9 nitrogen and oxygen atoms in total. The van der Waals surface area contributed by atoms with E-state index in [-0.39, 0.29) is 23.5 Å². The van der Waals surface area contributed by atoms with Crippen molar-refractivity contribution in [3.8, 4) is 39.8 Å². The Morgan fingerprint density at radius 3 is 2.60 bits per heavy atom. The number of alkyl halides is 3. The van der Waals surface area contributed by atoms with Gasteiger partial charge in [-0.25, -0.2) is 4.98 Å². The van der Waals surface area contributed by atoms with Crippen molar-refractivity contribution in [2.75, 3.05) is 18.0 Å². The number of benzene rings is 2. The Labute approximate surface area is 275 Å². The van der Waals surface area contributed by atoms with E-state index in [4.69, 9.17) is 4.98 Å². The molecule has 48 heavy (non-hydrogen) atoms. The Morgan fingerprint density at radius 2 is 1.90 bits per heavy atom. The molecule has 5 heterocycles. The Morgan fingerprint density at radius 1 is 1.04 bits per heavy atom. The van der Waals surface area contributed by atoms with E-state index in [1.165, 1.54) is 11.0 Å². The molecule has 5 aromatic rings. The van der Waals surface area contributed by atoms with Gasteiger partial charge in [0.15, 0.2) is 5.82 Å². The number of nitriles is 1. The van der Waals surface area contributed by atoms with Crippen LogP contribution in [0, 0.1) is 17.2 Å². The molecule has 1 saturated heterocycles. The number of anilines is 1. The van der Waals surface area contributed by atoms with Gasteiger partial charge in [-0.2, -0.15) is 18.4 Å². The molecule has 2 aliphatic rings. The number of hydrogen-bond donors (Lipinski definition) is 0. The van der Waals surface area contributed by atoms with E-state index in [0.717, 1.165) is 25.9 Å². The number of hydrogen-bond acceptors (Lipinski definition) is 7. The minimum Gasteiger partial charge on any atom is -0.317 e. The van der Waals surface area contributed by atoms with Crippen LogP contribution < -0.4 is 4.90 Å². The molecule has 0 aliphatic carbocycles. The number of pyridine rings is 2. The van der Waals surface area contributed by atoms with Crippen LogP contribution in [0.4, 0.5) is 19.0 Å². The monoisotopic (exact) mass is 648 g/mol. The molecule has 0 unspecified atom stereocenters. The molecule has 0 saturated carbocycles. The minimum absolute atomic E-state index is 0.0400. The predicted molar refractivity (Wildman–Crippen MR) is 173 cm³/mol. The second-order valence-corrected chi connectivity index (χ2v) is 12.5. The van der Waals surface area contributed by atoms with E-state index in [1.807, 2.05) is 12.1 Å². The van der Waals surface area contributed by atoms with E-state index >= 15 is 0 Å². The summed E-state index contributed by atoms with van der Waals surface area (Å²) in [6.07, 6.45) is 2.25. The summed E-state index contributed by atoms with van der Waals surface area (Å²) in [6.45, 7) is 3.82. The van der Waals surface area contributed by atoms with Gasteiger partial charge in [0.2, 0.25) is 0 Å². The number of likely N-dealkylation sites (tertiary alicyclic amines) is 1. The van der Waals surface area contributed by atoms with Crippen molar-refractivity contribution in [2.45, 2.75) is 39.0 Å². The third-order valence-electron chi connectivity index (χ3n) is 9.01. The standard InChI is InChI=1S/C36H31F3N8O/c1-22-5-4-10-46(18-22)19-24-12-29-30(31(13-24)36(37,38)39)20-47(35(29)48)33-15-26(14-32(43-33)25-6-3-9-41-17-25)27-8-7-23(16-40)11-28(27)34-44-42-21-45(34)2/h3,6-9,11-15,17,21-22H,4-5,10,18-20H2,1-2H3/t22-/m0/s1. The number of amides is 1. The van der Waals surface area contributed by atoms with Crippen molar-refractivity contribution < 1.29 is 18.0 Å². The topological polar surface area (TPSA) is 104 Å². The van der Waals surface area contributed by atoms with Gasteiger partial charge in [-0.15, -0.1) is 10.2 Å². The van der Waals surface area contributed by atoms with Crippen LogP contribution in [0.5, 0.6) is 0 Å². The third-order valence-corrected chi connectivity index (χ3v) is 9.01. The zero-order chi connectivity index (χ0) is 33.6. The highest BCUT2D eigenvalue weighted by molar-refractivity contribution is 6.10. The van der Waals surface area contributed by atoms with Gasteiger partial charge in [-0.3, -0.25) is 19.6 Å². The van der Waals surface area contributed by atoms with Crippen LogP contribution >= 0.6 is 0 Å². The first-order valence-corrected chi connectivity index (χ1v) is 15.7. The van der Waals surface area contributed by atoms with Crippen molar-refractivity contribution >= 4 is 11.7 Å². The van der Waals surface area contributed by atoms with Crippen molar-refractivity contribution in [3.63, 3.8) is 0 Å². The SMILES string of the molecule is C[C@H]1CCCN(Cc2cc3c(c(C(F)(F)F)c2)CN(c2cc(-c4ccc(C#N)cc4-c4nncn4C)cc(-c4cccnc4)n2)C3=O)C1. The first-order valence-electron chi connectivity index (χ1n) is 15.7. The summed E-state index contributed by atoms with van der Waals surface area (Å²) in [5.41, 5.74) is 3.13. The third kappa shape index (κ3) is 5.93. The van der Waals surface area contributed by atoms with Crippen LogP contribution in [0.25, 0.3) is 33.8 Å². The maximum atomic E-state index is 14.6. The average Bonchev–Trinajstić information content (AvgIpc) is 3.66. The highest BCUT2D eigenvalue weighted by Gasteiger charge is 2.41. The summed E-state index contributed by atoms with van der Waals surface area (Å²) in [5, 5.41) is 17.9. The van der Waals surface area contributed by atoms with Crippen LogP contribution in [-0.2, 0) is 26.3 Å². The molecule has 0 bridgehead atoms. The van der Waals surface area contributed by atoms with Gasteiger partial charge in [-0.05, 0) is 96.1 Å². The summed E-state index contributed by atoms with van der Waals surface area (Å²) in [4.78, 5) is 26.6. The lowest BCUT2D eigenvalue weighted by atomic mass is 9.96. The van der Waals surface area contributed by atoms with Crippen molar-refractivity contribution in [1.29, 1.82) is 5.26 Å². The number of carbonyl (C=O) groups is 1. The summed E-state index contributed by atoms with van der Waals surface area (Å²) in [5.74, 6) is 0.628. The van der Waals surface area contributed by atoms with Gasteiger partial charge in [0.05, 0.1) is 29.4 Å². The molecule has 0 spiro atoms. The number of halogens is 3. The quantitative estimate of drug-likeness (QED) is 0.198. The Kier molecular flexibility index (Phi) is 8.01. The van der Waals surface area contributed by atoms with Gasteiger partial charge >= 0.3 is 6.18 Å². The number of rotatable bonds is 6. The molecule has 2 aromatic carbocycles. The lowest BCUT2D eigenvalue weighted by molar-refractivity contribution is -0.138. The highest BCUT2D eigenvalue weighted by atomic mass is 19.4. The predicted octanol–water partition coefficient (Wildman–Crippen LogP) is 6.89. The number of carbonyl (C=O) groups excluding carboxylic acids is 1. The van der Waals surface area contributed by atoms with Crippen molar-refractivity contribution in [1.82, 2.24) is 29.6 Å². The van der Waals surface area contributed by atoms with Crippen LogP contribution in [-0.4, -0.2) is 48.6 Å². The van der Waals surface area contributed by atoms with Crippen LogP contribution in [0.2, 0.25) is 0 Å². The van der Waals surface area contributed by atoms with Gasteiger partial charge in [-0.1, -0.05) is 13.0 Å². The second kappa shape index (κ2) is 12.3. The molecule has 0 radical (unpaired) electrons. The van der Waals surface area contributed by atoms with E-state index in [0.29, 0.717) is 57.4 Å². The lowest BCUT2D eigenvalue weighted by Gasteiger charge is -2.31. The van der Waals surface area contributed by atoms with Crippen molar-refractivity contribution in [3.05, 3.63) is 101 Å². The number of aromatic nitrogens is 5. The van der Waals surface area contributed by atoms with Gasteiger partial charge < -0.3 is 4.57 Å². The van der Waals surface area contributed by atoms with E-state index < -0.39 is 17.6 Å². The maximum absolute atomic E-state index is 14.6. The Balaban J connectivity index is 1.35. The molecule has 1 fully saturated rings. The summed E-state index contributed by atoms with van der Waals surface area (Å²) in [6, 6.07) is 17.2. The second-order valence-electron chi connectivity index (χ2n) is 12.5. The molecule has 2 aliphatic heterocycles. The molecule has 1 amide bonds. The van der Waals surface area contributed by atoms with Crippen LogP contribution in [0.3, 0.4) is 0 Å². The van der Waals surface area contributed by atoms with Crippen molar-refractivity contribution in [2.24, 2.45) is 13.0 Å². The van der Waals surface area contributed by atoms with Gasteiger partial charge in [0.25, 0.3) is 5.91 Å². The molecule has 1 atom stereocenters. The molecule has 242 valence electrons. The summed E-state index contributed by atoms with van der Waals surface area (Å²) >= 11 is 0. The number of fused-ring (bicyclic) bond motifs is 1. The zero-order valence-electron chi connectivity index (χ0n) is 26.4. The number of nitrogens with zero attached hydrogens (tertiary/aromatic N) is 8. The largest absolute Gasteiger partial charge is 0.416 e. The van der Waals surface area contributed by atoms with Gasteiger partial charge in [0, 0.05) is 49.2 Å². The van der Waals surface area contributed by atoms with Crippen LogP contribution in [0.15, 0.2) is 73.3 Å². The number of piperidine rings is 1. The molecular formula is C36H31F3N8O. The molecule has 7 rings (SSSR count). The highest BCUT2D eigenvalue weighted by Crippen LogP contribution is 2.41. The summed E-state index contributed by atoms with van der Waals surface area (Å²) in [7, 11) is 1.79. The number of aryl methyl sites for hydroxylation is 1. The normalized spacial score (nSPS) is 16.6. The fraction of sp³-hybridized carbons (Fsp3) is 0.278. The lowest BCUT2D eigenvalue weighted by Crippen LogP contribution is -2.33. The van der Waals surface area contributed by atoms with Crippen LogP contribution in [0.1, 0.15) is 52.4 Å². The maximum Gasteiger partial charge on any atom is 0.416 e.